The van der Waals surface area contributed by atoms with Crippen LogP contribution < -0.4 is 4.74 Å². The third kappa shape index (κ3) is 4.22. The highest BCUT2D eigenvalue weighted by atomic mass is 79.9. The first-order chi connectivity index (χ1) is 11.3. The maximum absolute atomic E-state index is 12.8. The molecule has 0 spiro atoms. The summed E-state index contributed by atoms with van der Waals surface area (Å²) in [6, 6.07) is 3.89. The van der Waals surface area contributed by atoms with Gasteiger partial charge in [-0.05, 0) is 74.8 Å². The van der Waals surface area contributed by atoms with Gasteiger partial charge in [0.15, 0.2) is 5.78 Å². The second kappa shape index (κ2) is 8.21. The van der Waals surface area contributed by atoms with Gasteiger partial charge in [-0.15, -0.1) is 0 Å². The van der Waals surface area contributed by atoms with E-state index in [0.29, 0.717) is 16.4 Å². The fraction of sp³-hybridized carbons (Fsp3) is 0.611. The molecule has 0 bridgehead atoms. The lowest BCUT2D eigenvalue weighted by Crippen LogP contribution is -2.42. The molecule has 0 saturated carbocycles. The van der Waals surface area contributed by atoms with Crippen LogP contribution in [-0.4, -0.2) is 47.7 Å². The lowest BCUT2D eigenvalue weighted by Gasteiger charge is -2.34. The van der Waals surface area contributed by atoms with Crippen LogP contribution in [-0.2, 0) is 4.79 Å². The van der Waals surface area contributed by atoms with Gasteiger partial charge in [0.05, 0.1) is 13.0 Å². The Morgan fingerprint density at radius 3 is 2.42 bits per heavy atom. The normalized spacial score (nSPS) is 17.8. The first-order valence-electron chi connectivity index (χ1n) is 8.37. The number of halogens is 1. The number of ketones is 2. The minimum absolute atomic E-state index is 0.0206. The van der Waals surface area contributed by atoms with Gasteiger partial charge >= 0.3 is 0 Å². The standard InChI is InChI=1S/C18H25BrN2O3/c1-11(2)21-9-7-13(8-10-21)17(22)12(3)18(23)16-14(24-4)5-6-15(19)20-16/h5-6,11-13H,7-10H2,1-4H3. The maximum atomic E-state index is 12.8. The van der Waals surface area contributed by atoms with Gasteiger partial charge in [0.25, 0.3) is 0 Å². The van der Waals surface area contributed by atoms with Gasteiger partial charge in [0.2, 0.25) is 0 Å². The SMILES string of the molecule is COc1ccc(Br)nc1C(=O)C(C)C(=O)C1CCN(C(C)C)CC1. The summed E-state index contributed by atoms with van der Waals surface area (Å²) < 4.78 is 5.77. The zero-order chi connectivity index (χ0) is 17.9. The molecular weight excluding hydrogens is 372 g/mol. The van der Waals surface area contributed by atoms with Gasteiger partial charge in [0.1, 0.15) is 21.8 Å². The van der Waals surface area contributed by atoms with Gasteiger partial charge in [-0.2, -0.15) is 0 Å². The van der Waals surface area contributed by atoms with Crippen molar-refractivity contribution in [2.75, 3.05) is 20.2 Å². The van der Waals surface area contributed by atoms with E-state index in [9.17, 15) is 9.59 Å². The predicted octanol–water partition coefficient (Wildman–Crippen LogP) is 3.36. The molecular formula is C18H25BrN2O3. The molecule has 6 heteroatoms. The van der Waals surface area contributed by atoms with Crippen LogP contribution in [0.4, 0.5) is 0 Å². The van der Waals surface area contributed by atoms with Crippen molar-refractivity contribution in [2.24, 2.45) is 11.8 Å². The molecule has 0 N–H and O–H groups in total. The predicted molar refractivity (Wildman–Crippen MR) is 96.4 cm³/mol. The van der Waals surface area contributed by atoms with Crippen LogP contribution in [0.3, 0.4) is 0 Å². The Morgan fingerprint density at radius 2 is 1.88 bits per heavy atom. The Bertz CT molecular complexity index is 610. The van der Waals surface area contributed by atoms with E-state index in [1.165, 1.54) is 7.11 Å². The Balaban J connectivity index is 2.08. The molecule has 24 heavy (non-hydrogen) atoms. The van der Waals surface area contributed by atoms with Crippen LogP contribution in [0.15, 0.2) is 16.7 Å². The molecule has 0 aromatic carbocycles. The maximum Gasteiger partial charge on any atom is 0.195 e. The number of aromatic nitrogens is 1. The molecule has 1 atom stereocenters. The number of hydrogen-bond donors (Lipinski definition) is 0. The number of pyridine rings is 1. The minimum atomic E-state index is -0.698. The lowest BCUT2D eigenvalue weighted by molar-refractivity contribution is -0.126. The van der Waals surface area contributed by atoms with Crippen molar-refractivity contribution >= 4 is 27.5 Å². The van der Waals surface area contributed by atoms with E-state index in [1.54, 1.807) is 19.1 Å². The number of ether oxygens (including phenoxy) is 1. The van der Waals surface area contributed by atoms with Gasteiger partial charge in [-0.1, -0.05) is 0 Å². The fourth-order valence-electron chi connectivity index (χ4n) is 3.15. The van der Waals surface area contributed by atoms with Crippen molar-refractivity contribution in [1.29, 1.82) is 0 Å². The van der Waals surface area contributed by atoms with E-state index in [0.717, 1.165) is 25.9 Å². The molecule has 1 fully saturated rings. The van der Waals surface area contributed by atoms with Gasteiger partial charge in [-0.3, -0.25) is 9.59 Å². The van der Waals surface area contributed by atoms with E-state index in [-0.39, 0.29) is 23.2 Å². The second-order valence-corrected chi connectivity index (χ2v) is 7.39. The van der Waals surface area contributed by atoms with Crippen LogP contribution in [0.25, 0.3) is 0 Å². The van der Waals surface area contributed by atoms with Crippen molar-refractivity contribution in [1.82, 2.24) is 9.88 Å². The summed E-state index contributed by atoms with van der Waals surface area (Å²) in [5, 5.41) is 0. The number of methoxy groups -OCH3 is 1. The smallest absolute Gasteiger partial charge is 0.195 e. The summed E-state index contributed by atoms with van der Waals surface area (Å²) in [6.45, 7) is 7.83. The number of rotatable bonds is 6. The highest BCUT2D eigenvalue weighted by Gasteiger charge is 2.33. The Kier molecular flexibility index (Phi) is 6.52. The molecule has 0 radical (unpaired) electrons. The van der Waals surface area contributed by atoms with Gasteiger partial charge < -0.3 is 9.64 Å². The third-order valence-electron chi connectivity index (χ3n) is 4.76. The minimum Gasteiger partial charge on any atom is -0.494 e. The van der Waals surface area contributed by atoms with Crippen molar-refractivity contribution in [3.05, 3.63) is 22.4 Å². The van der Waals surface area contributed by atoms with E-state index < -0.39 is 5.92 Å². The number of carbonyl (C=O) groups excluding carboxylic acids is 2. The fourth-order valence-corrected chi connectivity index (χ4v) is 3.46. The first-order valence-corrected chi connectivity index (χ1v) is 9.17. The molecule has 2 rings (SSSR count). The molecule has 1 aromatic rings. The number of likely N-dealkylation sites (tertiary alicyclic amines) is 1. The number of Topliss-reactive ketones (excluding diaryl/α,β-unsaturated/α-hetero) is 2. The zero-order valence-corrected chi connectivity index (χ0v) is 16.3. The molecule has 0 amide bonds. The average molecular weight is 397 g/mol. The highest BCUT2D eigenvalue weighted by molar-refractivity contribution is 9.10. The number of piperidine rings is 1. The van der Waals surface area contributed by atoms with Crippen LogP contribution in [0.2, 0.25) is 0 Å². The van der Waals surface area contributed by atoms with Crippen LogP contribution in [0.5, 0.6) is 5.75 Å². The molecule has 1 aromatic heterocycles. The molecule has 1 unspecified atom stereocenters. The molecule has 1 aliphatic heterocycles. The second-order valence-electron chi connectivity index (χ2n) is 6.58. The third-order valence-corrected chi connectivity index (χ3v) is 5.20. The van der Waals surface area contributed by atoms with E-state index in [1.807, 2.05) is 0 Å². The molecule has 0 aliphatic carbocycles. The Morgan fingerprint density at radius 1 is 1.25 bits per heavy atom. The number of carbonyl (C=O) groups is 2. The molecule has 1 saturated heterocycles. The van der Waals surface area contributed by atoms with Crippen molar-refractivity contribution in [3.8, 4) is 5.75 Å². The van der Waals surface area contributed by atoms with E-state index in [2.05, 4.69) is 39.7 Å². The van der Waals surface area contributed by atoms with E-state index >= 15 is 0 Å². The lowest BCUT2D eigenvalue weighted by atomic mass is 9.83. The highest BCUT2D eigenvalue weighted by Crippen LogP contribution is 2.27. The summed E-state index contributed by atoms with van der Waals surface area (Å²) in [5.74, 6) is -0.595. The summed E-state index contributed by atoms with van der Waals surface area (Å²) in [5.41, 5.74) is 0.215. The van der Waals surface area contributed by atoms with Crippen molar-refractivity contribution in [2.45, 2.75) is 39.7 Å². The van der Waals surface area contributed by atoms with Crippen molar-refractivity contribution in [3.63, 3.8) is 0 Å². The molecule has 1 aliphatic rings. The monoisotopic (exact) mass is 396 g/mol. The molecule has 132 valence electrons. The zero-order valence-electron chi connectivity index (χ0n) is 14.7. The Hall–Kier alpha value is -1.27. The summed E-state index contributed by atoms with van der Waals surface area (Å²) in [4.78, 5) is 32.1. The van der Waals surface area contributed by atoms with Gasteiger partial charge in [0, 0.05) is 12.0 Å². The van der Waals surface area contributed by atoms with Gasteiger partial charge in [-0.25, -0.2) is 4.98 Å². The summed E-state index contributed by atoms with van der Waals surface area (Å²) in [6.07, 6.45) is 1.63. The summed E-state index contributed by atoms with van der Waals surface area (Å²) >= 11 is 3.27. The molecule has 5 nitrogen and oxygen atoms in total. The average Bonchev–Trinajstić information content (AvgIpc) is 2.59. The quantitative estimate of drug-likeness (QED) is 0.419. The molecule has 2 heterocycles. The first kappa shape index (κ1) is 19.1. The number of nitrogens with zero attached hydrogens (tertiary/aromatic N) is 2. The Labute approximate surface area is 151 Å². The topological polar surface area (TPSA) is 59.5 Å². The number of hydrogen-bond acceptors (Lipinski definition) is 5. The van der Waals surface area contributed by atoms with E-state index in [4.69, 9.17) is 4.74 Å². The van der Waals surface area contributed by atoms with Crippen molar-refractivity contribution < 1.29 is 14.3 Å². The van der Waals surface area contributed by atoms with Crippen LogP contribution >= 0.6 is 15.9 Å². The summed E-state index contributed by atoms with van der Waals surface area (Å²) in [7, 11) is 1.50. The van der Waals surface area contributed by atoms with Crippen LogP contribution in [0, 0.1) is 11.8 Å². The largest absolute Gasteiger partial charge is 0.494 e. The van der Waals surface area contributed by atoms with Crippen LogP contribution in [0.1, 0.15) is 44.1 Å².